The molecule has 2 N–H and O–H groups in total. The number of nitrogen functional groups attached to an aromatic ring is 1. The molecule has 1 aromatic carbocycles. The van der Waals surface area contributed by atoms with Crippen LogP contribution >= 0.6 is 15.9 Å². The number of amides is 1. The molecule has 7 heteroatoms. The minimum Gasteiger partial charge on any atom is -0.398 e. The van der Waals surface area contributed by atoms with Crippen LogP contribution in [-0.4, -0.2) is 43.3 Å². The van der Waals surface area contributed by atoms with E-state index in [2.05, 4.69) is 21.9 Å². The van der Waals surface area contributed by atoms with Crippen LogP contribution in [0, 0.1) is 12.3 Å². The Kier molecular flexibility index (Phi) is 4.59. The Morgan fingerprint density at radius 1 is 1.52 bits per heavy atom. The van der Waals surface area contributed by atoms with Gasteiger partial charge in [0, 0.05) is 11.7 Å². The molecule has 2 rings (SSSR count). The van der Waals surface area contributed by atoms with Crippen LogP contribution in [0.1, 0.15) is 16.8 Å². The van der Waals surface area contributed by atoms with Gasteiger partial charge in [-0.05, 0) is 34.5 Å². The van der Waals surface area contributed by atoms with Crippen molar-refractivity contribution >= 4 is 37.4 Å². The number of hydrogen-bond donors (Lipinski definition) is 1. The highest BCUT2D eigenvalue weighted by Crippen LogP contribution is 2.27. The zero-order valence-electron chi connectivity index (χ0n) is 11.3. The molecule has 1 fully saturated rings. The van der Waals surface area contributed by atoms with E-state index in [0.29, 0.717) is 22.1 Å². The minimum atomic E-state index is -3.09. The summed E-state index contributed by atoms with van der Waals surface area (Å²) in [7, 11) is -3.09. The average molecular weight is 371 g/mol. The van der Waals surface area contributed by atoms with Crippen LogP contribution in [0.2, 0.25) is 0 Å². The van der Waals surface area contributed by atoms with E-state index in [1.165, 1.54) is 4.90 Å². The summed E-state index contributed by atoms with van der Waals surface area (Å²) in [6.07, 6.45) is 5.73. The normalized spacial score (nSPS) is 19.9. The number of rotatable bonds is 3. The van der Waals surface area contributed by atoms with Gasteiger partial charge in [-0.15, -0.1) is 6.42 Å². The third-order valence-electron chi connectivity index (χ3n) is 3.43. The summed E-state index contributed by atoms with van der Waals surface area (Å²) in [5.41, 5.74) is 6.60. The molecule has 1 aliphatic heterocycles. The fourth-order valence-electron chi connectivity index (χ4n) is 2.36. The van der Waals surface area contributed by atoms with Gasteiger partial charge in [-0.3, -0.25) is 4.79 Å². The van der Waals surface area contributed by atoms with E-state index >= 15 is 0 Å². The molecule has 1 aromatic rings. The van der Waals surface area contributed by atoms with Crippen LogP contribution in [0.15, 0.2) is 22.7 Å². The molecule has 0 aliphatic carbocycles. The van der Waals surface area contributed by atoms with Gasteiger partial charge in [-0.2, -0.15) is 0 Å². The van der Waals surface area contributed by atoms with E-state index in [1.807, 2.05) is 0 Å². The standard InChI is InChI=1S/C14H15BrN2O3S/c1-2-7-17(10-6-8-21(19,20)9-10)14(18)11-4-3-5-12(16)13(11)15/h1,3-5,10H,6-9,16H2. The van der Waals surface area contributed by atoms with Crippen LogP contribution in [0.3, 0.4) is 0 Å². The van der Waals surface area contributed by atoms with E-state index in [4.69, 9.17) is 12.2 Å². The van der Waals surface area contributed by atoms with Crippen molar-refractivity contribution in [2.24, 2.45) is 0 Å². The molecule has 5 nitrogen and oxygen atoms in total. The molecule has 1 unspecified atom stereocenters. The van der Waals surface area contributed by atoms with Gasteiger partial charge in [0.05, 0.1) is 28.1 Å². The molecule has 21 heavy (non-hydrogen) atoms. The van der Waals surface area contributed by atoms with Crippen molar-refractivity contribution in [2.75, 3.05) is 23.8 Å². The molecule has 0 spiro atoms. The lowest BCUT2D eigenvalue weighted by molar-refractivity contribution is 0.0723. The topological polar surface area (TPSA) is 80.5 Å². The first kappa shape index (κ1) is 15.9. The molecular weight excluding hydrogens is 356 g/mol. The van der Waals surface area contributed by atoms with Crippen LogP contribution in [0.5, 0.6) is 0 Å². The van der Waals surface area contributed by atoms with Crippen molar-refractivity contribution in [3.63, 3.8) is 0 Å². The predicted molar refractivity (Wildman–Crippen MR) is 85.5 cm³/mol. The SMILES string of the molecule is C#CCN(C(=O)c1cccc(N)c1Br)C1CCS(=O)(=O)C1. The van der Waals surface area contributed by atoms with E-state index in [-0.39, 0.29) is 30.0 Å². The Morgan fingerprint density at radius 3 is 2.81 bits per heavy atom. The fourth-order valence-corrected chi connectivity index (χ4v) is 4.52. The van der Waals surface area contributed by atoms with Gasteiger partial charge in [0.1, 0.15) is 0 Å². The summed E-state index contributed by atoms with van der Waals surface area (Å²) in [6.45, 7) is 0.0697. The lowest BCUT2D eigenvalue weighted by Crippen LogP contribution is -2.41. The number of nitrogens with zero attached hydrogens (tertiary/aromatic N) is 1. The van der Waals surface area contributed by atoms with Gasteiger partial charge in [0.25, 0.3) is 5.91 Å². The summed E-state index contributed by atoms with van der Waals surface area (Å²) < 4.78 is 23.7. The first-order valence-corrected chi connectivity index (χ1v) is 8.96. The van der Waals surface area contributed by atoms with E-state index < -0.39 is 9.84 Å². The molecule has 0 saturated carbocycles. The van der Waals surface area contributed by atoms with Crippen molar-refractivity contribution in [2.45, 2.75) is 12.5 Å². The lowest BCUT2D eigenvalue weighted by Gasteiger charge is -2.26. The second kappa shape index (κ2) is 6.08. The minimum absolute atomic E-state index is 0.0413. The molecule has 112 valence electrons. The number of halogens is 1. The highest BCUT2D eigenvalue weighted by atomic mass is 79.9. The summed E-state index contributed by atoms with van der Waals surface area (Å²) in [6, 6.07) is 4.60. The molecule has 0 bridgehead atoms. The van der Waals surface area contributed by atoms with Crippen LogP contribution in [-0.2, 0) is 9.84 Å². The smallest absolute Gasteiger partial charge is 0.256 e. The van der Waals surface area contributed by atoms with Crippen molar-refractivity contribution < 1.29 is 13.2 Å². The third kappa shape index (κ3) is 3.39. The zero-order valence-corrected chi connectivity index (χ0v) is 13.7. The van der Waals surface area contributed by atoms with Crippen LogP contribution < -0.4 is 5.73 Å². The molecule has 1 heterocycles. The average Bonchev–Trinajstić information content (AvgIpc) is 2.78. The Hall–Kier alpha value is -1.52. The fraction of sp³-hybridized carbons (Fsp3) is 0.357. The summed E-state index contributed by atoms with van der Waals surface area (Å²) in [5.74, 6) is 2.16. The number of terminal acetylenes is 1. The zero-order chi connectivity index (χ0) is 15.6. The number of hydrogen-bond acceptors (Lipinski definition) is 4. The second-order valence-corrected chi connectivity index (χ2v) is 7.92. The van der Waals surface area contributed by atoms with Crippen LogP contribution in [0.25, 0.3) is 0 Å². The summed E-state index contributed by atoms with van der Waals surface area (Å²) in [4.78, 5) is 14.1. The van der Waals surface area contributed by atoms with E-state index in [1.54, 1.807) is 18.2 Å². The third-order valence-corrected chi connectivity index (χ3v) is 6.07. The quantitative estimate of drug-likeness (QED) is 0.642. The van der Waals surface area contributed by atoms with Crippen molar-refractivity contribution in [3.8, 4) is 12.3 Å². The molecule has 0 radical (unpaired) electrons. The highest BCUT2D eigenvalue weighted by Gasteiger charge is 2.35. The summed E-state index contributed by atoms with van der Waals surface area (Å²) in [5, 5.41) is 0. The number of nitrogens with two attached hydrogens (primary N) is 1. The number of carbonyl (C=O) groups is 1. The first-order valence-electron chi connectivity index (χ1n) is 6.34. The van der Waals surface area contributed by atoms with Gasteiger partial charge in [0.15, 0.2) is 9.84 Å². The molecule has 1 atom stereocenters. The van der Waals surface area contributed by atoms with Gasteiger partial charge >= 0.3 is 0 Å². The lowest BCUT2D eigenvalue weighted by atomic mass is 10.1. The van der Waals surface area contributed by atoms with Crippen molar-refractivity contribution in [3.05, 3.63) is 28.2 Å². The monoisotopic (exact) mass is 370 g/mol. The number of benzene rings is 1. The molecule has 1 amide bonds. The Bertz CT molecular complexity index is 709. The molecule has 1 aliphatic rings. The number of sulfone groups is 1. The maximum Gasteiger partial charge on any atom is 0.256 e. The van der Waals surface area contributed by atoms with Gasteiger partial charge in [-0.1, -0.05) is 12.0 Å². The van der Waals surface area contributed by atoms with Gasteiger partial charge in [-0.25, -0.2) is 8.42 Å². The second-order valence-electron chi connectivity index (χ2n) is 4.90. The molecule has 0 aromatic heterocycles. The predicted octanol–water partition coefficient (Wildman–Crippen LogP) is 1.29. The summed E-state index contributed by atoms with van der Waals surface area (Å²) >= 11 is 3.29. The van der Waals surface area contributed by atoms with Gasteiger partial charge < -0.3 is 10.6 Å². The van der Waals surface area contributed by atoms with Crippen molar-refractivity contribution in [1.29, 1.82) is 0 Å². The van der Waals surface area contributed by atoms with E-state index in [0.717, 1.165) is 0 Å². The maximum atomic E-state index is 12.7. The van der Waals surface area contributed by atoms with Crippen LogP contribution in [0.4, 0.5) is 5.69 Å². The van der Waals surface area contributed by atoms with Gasteiger partial charge in [0.2, 0.25) is 0 Å². The molecular formula is C14H15BrN2O3S. The number of carbonyl (C=O) groups excluding carboxylic acids is 1. The maximum absolute atomic E-state index is 12.7. The highest BCUT2D eigenvalue weighted by molar-refractivity contribution is 9.10. The largest absolute Gasteiger partial charge is 0.398 e. The first-order chi connectivity index (χ1) is 9.85. The Morgan fingerprint density at radius 2 is 2.24 bits per heavy atom. The Labute approximate surface area is 132 Å². The van der Waals surface area contributed by atoms with E-state index in [9.17, 15) is 13.2 Å². The number of anilines is 1. The Balaban J connectivity index is 2.33. The van der Waals surface area contributed by atoms with Crippen molar-refractivity contribution in [1.82, 2.24) is 4.90 Å². The molecule has 1 saturated heterocycles.